The van der Waals surface area contributed by atoms with Crippen molar-refractivity contribution in [1.82, 2.24) is 0 Å². The fraction of sp³-hybridized carbons (Fsp3) is 0.429. The smallest absolute Gasteiger partial charge is 0.446 e. The number of halogens is 6. The minimum absolute atomic E-state index is 0.133. The Bertz CT molecular complexity index is 784. The van der Waals surface area contributed by atoms with Gasteiger partial charge in [-0.1, -0.05) is 44.0 Å². The van der Waals surface area contributed by atoms with Crippen LogP contribution in [0.15, 0.2) is 36.4 Å². The molecule has 7 heteroatoms. The molecule has 1 aliphatic rings. The first-order chi connectivity index (χ1) is 13.1. The molecule has 1 unspecified atom stereocenters. The van der Waals surface area contributed by atoms with Gasteiger partial charge >= 0.3 is 12.5 Å². The summed E-state index contributed by atoms with van der Waals surface area (Å²) in [6.45, 7) is 2.23. The molecule has 1 aliphatic carbocycles. The van der Waals surface area contributed by atoms with Crippen LogP contribution in [0.3, 0.4) is 0 Å². The second-order valence-corrected chi connectivity index (χ2v) is 7.32. The molecule has 0 amide bonds. The molecule has 2 aromatic carbocycles. The predicted molar refractivity (Wildman–Crippen MR) is 93.7 cm³/mol. The molecule has 2 aromatic rings. The van der Waals surface area contributed by atoms with Gasteiger partial charge in [-0.25, -0.2) is 8.78 Å². The predicted octanol–water partition coefficient (Wildman–Crippen LogP) is 7.16. The summed E-state index contributed by atoms with van der Waals surface area (Å²) in [4.78, 5) is 0. The lowest BCUT2D eigenvalue weighted by Gasteiger charge is -2.26. The summed E-state index contributed by atoms with van der Waals surface area (Å²) >= 11 is 0. The summed E-state index contributed by atoms with van der Waals surface area (Å²) in [6.07, 6.45) is -4.65. The lowest BCUT2D eigenvalue weighted by Crippen LogP contribution is -2.30. The Morgan fingerprint density at radius 2 is 1.43 bits per heavy atom. The number of benzene rings is 2. The van der Waals surface area contributed by atoms with Crippen molar-refractivity contribution in [3.63, 3.8) is 0 Å². The van der Waals surface area contributed by atoms with Crippen molar-refractivity contribution in [3.8, 4) is 16.9 Å². The van der Waals surface area contributed by atoms with Crippen LogP contribution in [0.25, 0.3) is 11.1 Å². The lowest BCUT2D eigenvalue weighted by molar-refractivity contribution is -0.237. The quantitative estimate of drug-likeness (QED) is 0.493. The molecular formula is C21H20F6O. The fourth-order valence-corrected chi connectivity index (χ4v) is 3.55. The number of hydrogen-bond donors (Lipinski definition) is 0. The third kappa shape index (κ3) is 4.62. The highest BCUT2D eigenvalue weighted by atomic mass is 19.4. The summed E-state index contributed by atoms with van der Waals surface area (Å²) in [7, 11) is 0. The minimum atomic E-state index is -5.37. The van der Waals surface area contributed by atoms with Gasteiger partial charge in [0.15, 0.2) is 17.4 Å². The van der Waals surface area contributed by atoms with Gasteiger partial charge in [0.1, 0.15) is 0 Å². The summed E-state index contributed by atoms with van der Waals surface area (Å²) in [5.74, 6) is -3.00. The Kier molecular flexibility index (Phi) is 5.91. The van der Waals surface area contributed by atoms with Gasteiger partial charge in [0.2, 0.25) is 0 Å². The van der Waals surface area contributed by atoms with Crippen molar-refractivity contribution in [3.05, 3.63) is 53.6 Å². The van der Waals surface area contributed by atoms with Gasteiger partial charge < -0.3 is 4.74 Å². The van der Waals surface area contributed by atoms with E-state index in [0.29, 0.717) is 11.5 Å². The van der Waals surface area contributed by atoms with Crippen LogP contribution in [0, 0.1) is 17.6 Å². The molecule has 3 rings (SSSR count). The maximum Gasteiger partial charge on any atom is 0.457 e. The molecule has 0 bridgehead atoms. The maximum absolute atomic E-state index is 14.1. The van der Waals surface area contributed by atoms with Crippen LogP contribution in [0.5, 0.6) is 5.75 Å². The minimum Gasteiger partial charge on any atom is -0.446 e. The SMILES string of the molecule is CC1CCC(c2ccc(-c3cc(F)c(OC(F)C(F)(F)F)c(F)c3)cc2)CC1. The molecule has 0 spiro atoms. The first kappa shape index (κ1) is 20.6. The normalized spacial score (nSPS) is 21.4. The van der Waals surface area contributed by atoms with E-state index in [-0.39, 0.29) is 5.56 Å². The highest BCUT2D eigenvalue weighted by Gasteiger charge is 2.43. The largest absolute Gasteiger partial charge is 0.457 e. The van der Waals surface area contributed by atoms with Crippen molar-refractivity contribution in [2.24, 2.45) is 5.92 Å². The number of alkyl halides is 4. The van der Waals surface area contributed by atoms with Gasteiger partial charge in [-0.3, -0.25) is 0 Å². The van der Waals surface area contributed by atoms with Crippen molar-refractivity contribution < 1.29 is 31.1 Å². The molecule has 0 saturated heterocycles. The topological polar surface area (TPSA) is 9.23 Å². The molecule has 0 radical (unpaired) electrons. The van der Waals surface area contributed by atoms with Gasteiger partial charge in [0, 0.05) is 0 Å². The molecular weight excluding hydrogens is 382 g/mol. The van der Waals surface area contributed by atoms with Gasteiger partial charge in [-0.15, -0.1) is 0 Å². The van der Waals surface area contributed by atoms with Crippen LogP contribution in [0.2, 0.25) is 0 Å². The first-order valence-electron chi connectivity index (χ1n) is 9.12. The molecule has 0 aliphatic heterocycles. The van der Waals surface area contributed by atoms with Gasteiger partial charge in [0.25, 0.3) is 0 Å². The van der Waals surface area contributed by atoms with Crippen molar-refractivity contribution in [1.29, 1.82) is 0 Å². The van der Waals surface area contributed by atoms with E-state index in [1.165, 1.54) is 0 Å². The van der Waals surface area contributed by atoms with Crippen LogP contribution in [0.1, 0.15) is 44.1 Å². The average Bonchev–Trinajstić information content (AvgIpc) is 2.64. The zero-order valence-electron chi connectivity index (χ0n) is 15.2. The number of hydrogen-bond acceptors (Lipinski definition) is 1. The van der Waals surface area contributed by atoms with Crippen molar-refractivity contribution >= 4 is 0 Å². The van der Waals surface area contributed by atoms with E-state index in [4.69, 9.17) is 0 Å². The van der Waals surface area contributed by atoms with Gasteiger partial charge in [-0.2, -0.15) is 17.6 Å². The Morgan fingerprint density at radius 3 is 1.93 bits per heavy atom. The van der Waals surface area contributed by atoms with E-state index in [2.05, 4.69) is 11.7 Å². The van der Waals surface area contributed by atoms with Crippen LogP contribution >= 0.6 is 0 Å². The first-order valence-corrected chi connectivity index (χ1v) is 9.12. The Morgan fingerprint density at radius 1 is 0.893 bits per heavy atom. The third-order valence-corrected chi connectivity index (χ3v) is 5.21. The van der Waals surface area contributed by atoms with E-state index in [1.54, 1.807) is 12.1 Å². The molecule has 28 heavy (non-hydrogen) atoms. The van der Waals surface area contributed by atoms with E-state index < -0.39 is 29.9 Å². The standard InChI is InChI=1S/C21H20F6O/c1-12-2-4-13(5-3-12)14-6-8-15(9-7-14)16-10-17(22)19(18(23)11-16)28-20(24)21(25,26)27/h6-13,20H,2-5H2,1H3. The second-order valence-electron chi connectivity index (χ2n) is 7.32. The molecule has 0 aromatic heterocycles. The van der Waals surface area contributed by atoms with Crippen LogP contribution in [0.4, 0.5) is 26.3 Å². The summed E-state index contributed by atoms with van der Waals surface area (Å²) in [5.41, 5.74) is 1.79. The van der Waals surface area contributed by atoms with Crippen molar-refractivity contribution in [2.45, 2.75) is 51.1 Å². The highest BCUT2D eigenvalue weighted by molar-refractivity contribution is 5.65. The van der Waals surface area contributed by atoms with Crippen LogP contribution in [-0.4, -0.2) is 12.5 Å². The molecule has 152 valence electrons. The zero-order valence-corrected chi connectivity index (χ0v) is 15.2. The van der Waals surface area contributed by atoms with Crippen LogP contribution < -0.4 is 4.74 Å². The van der Waals surface area contributed by atoms with Crippen molar-refractivity contribution in [2.75, 3.05) is 0 Å². The molecule has 0 N–H and O–H groups in total. The zero-order chi connectivity index (χ0) is 20.5. The molecule has 1 fully saturated rings. The highest BCUT2D eigenvalue weighted by Crippen LogP contribution is 2.37. The van der Waals surface area contributed by atoms with E-state index >= 15 is 0 Å². The Hall–Kier alpha value is -2.18. The van der Waals surface area contributed by atoms with E-state index in [0.717, 1.165) is 49.3 Å². The molecule has 0 heterocycles. The summed E-state index contributed by atoms with van der Waals surface area (Å²) < 4.78 is 81.5. The summed E-state index contributed by atoms with van der Waals surface area (Å²) in [5, 5.41) is 0. The lowest BCUT2D eigenvalue weighted by atomic mass is 9.79. The average molecular weight is 402 g/mol. The summed E-state index contributed by atoms with van der Waals surface area (Å²) in [6, 6.07) is 8.90. The number of ether oxygens (including phenoxy) is 1. The van der Waals surface area contributed by atoms with Gasteiger partial charge in [-0.05, 0) is 53.5 Å². The van der Waals surface area contributed by atoms with E-state index in [9.17, 15) is 26.3 Å². The van der Waals surface area contributed by atoms with E-state index in [1.807, 2.05) is 12.1 Å². The molecule has 1 nitrogen and oxygen atoms in total. The third-order valence-electron chi connectivity index (χ3n) is 5.21. The molecule has 1 saturated carbocycles. The Labute approximate surface area is 159 Å². The Balaban J connectivity index is 1.78. The molecule has 1 atom stereocenters. The monoisotopic (exact) mass is 402 g/mol. The second kappa shape index (κ2) is 8.05. The van der Waals surface area contributed by atoms with Crippen LogP contribution in [-0.2, 0) is 0 Å². The maximum atomic E-state index is 14.1. The van der Waals surface area contributed by atoms with Gasteiger partial charge in [0.05, 0.1) is 0 Å². The fourth-order valence-electron chi connectivity index (χ4n) is 3.55. The number of rotatable bonds is 4.